The first-order valence-electron chi connectivity index (χ1n) is 14.1. The van der Waals surface area contributed by atoms with Crippen LogP contribution in [0.15, 0.2) is 71.6 Å². The highest BCUT2D eigenvalue weighted by atomic mass is 32.2. The molecule has 10 nitrogen and oxygen atoms in total. The number of rotatable bonds is 8. The molecule has 3 aromatic carbocycles. The molecule has 1 heterocycles. The predicted molar refractivity (Wildman–Crippen MR) is 163 cm³/mol. The Hall–Kier alpha value is -4.30. The van der Waals surface area contributed by atoms with Crippen LogP contribution in [0.1, 0.15) is 35.3 Å². The van der Waals surface area contributed by atoms with Crippen molar-refractivity contribution < 1.29 is 41.0 Å². The maximum Gasteiger partial charge on any atom is 0.416 e. The van der Waals surface area contributed by atoms with Crippen molar-refractivity contribution in [1.29, 1.82) is 0 Å². The average Bonchev–Trinajstić information content (AvgIpc) is 2.98. The Kier molecular flexibility index (Phi) is 9.98. The fourth-order valence-electron chi connectivity index (χ4n) is 4.78. The molecule has 3 amide bonds. The Bertz CT molecular complexity index is 1630. The van der Waals surface area contributed by atoms with Crippen molar-refractivity contribution in [3.63, 3.8) is 0 Å². The lowest BCUT2D eigenvalue weighted by Crippen LogP contribution is -2.50. The number of aryl methyl sites for hydroxylation is 1. The van der Waals surface area contributed by atoms with Crippen LogP contribution in [0.5, 0.6) is 5.75 Å². The molecule has 0 unspecified atom stereocenters. The molecule has 0 aromatic heterocycles. The largest absolute Gasteiger partial charge is 0.485 e. The van der Waals surface area contributed by atoms with Gasteiger partial charge in [-0.1, -0.05) is 30.7 Å². The summed E-state index contributed by atoms with van der Waals surface area (Å²) in [6.07, 6.45) is -5.30. The van der Waals surface area contributed by atoms with Gasteiger partial charge in [0.05, 0.1) is 40.9 Å². The molecule has 45 heavy (non-hydrogen) atoms. The summed E-state index contributed by atoms with van der Waals surface area (Å²) in [6, 6.07) is 13.5. The molecule has 3 N–H and O–H groups in total. The molecule has 242 valence electrons. The number of carbonyl (C=O) groups excluding carboxylic acids is 2. The van der Waals surface area contributed by atoms with E-state index in [9.17, 15) is 36.3 Å². The number of anilines is 2. The van der Waals surface area contributed by atoms with Crippen LogP contribution < -0.4 is 14.8 Å². The number of fused-ring (bicyclic) bond motifs is 1. The van der Waals surface area contributed by atoms with E-state index in [1.54, 1.807) is 26.0 Å². The van der Waals surface area contributed by atoms with E-state index >= 15 is 0 Å². The highest BCUT2D eigenvalue weighted by molar-refractivity contribution is 7.92. The fraction of sp³-hybridized carbons (Fsp3) is 0.355. The van der Waals surface area contributed by atoms with Gasteiger partial charge < -0.3 is 25.0 Å². The van der Waals surface area contributed by atoms with Crippen molar-refractivity contribution in [1.82, 2.24) is 9.80 Å². The summed E-state index contributed by atoms with van der Waals surface area (Å²) in [7, 11) is -2.62. The first-order chi connectivity index (χ1) is 21.1. The van der Waals surface area contributed by atoms with Crippen LogP contribution >= 0.6 is 0 Å². The van der Waals surface area contributed by atoms with E-state index in [0.717, 1.165) is 29.8 Å². The number of benzene rings is 3. The van der Waals surface area contributed by atoms with Gasteiger partial charge in [0.15, 0.2) is 5.75 Å². The maximum atomic E-state index is 13.7. The van der Waals surface area contributed by atoms with E-state index in [2.05, 4.69) is 10.0 Å². The van der Waals surface area contributed by atoms with Gasteiger partial charge in [-0.25, -0.2) is 13.2 Å². The minimum atomic E-state index is -4.52. The normalized spacial score (nSPS) is 17.8. The number of aliphatic hydroxyl groups excluding tert-OH is 1. The number of halogens is 3. The third kappa shape index (κ3) is 7.87. The lowest BCUT2D eigenvalue weighted by Gasteiger charge is -2.38. The van der Waals surface area contributed by atoms with E-state index < -0.39 is 51.8 Å². The lowest BCUT2D eigenvalue weighted by atomic mass is 9.99. The zero-order valence-corrected chi connectivity index (χ0v) is 25.9. The van der Waals surface area contributed by atoms with Crippen LogP contribution in [0.3, 0.4) is 0 Å². The van der Waals surface area contributed by atoms with Crippen LogP contribution in [0.25, 0.3) is 0 Å². The van der Waals surface area contributed by atoms with Crippen molar-refractivity contribution in [2.24, 2.45) is 5.92 Å². The van der Waals surface area contributed by atoms with Crippen LogP contribution in [-0.2, 0) is 16.2 Å². The SMILES string of the molecule is Cc1ccc(S(=O)(=O)Nc2cccc3c2O[C@H](CN(C)C(=O)Nc2ccc(C(F)(F)F)cc2)[C@H](C)CN([C@H](C)CO)C3=O)cc1. The smallest absolute Gasteiger partial charge is 0.416 e. The van der Waals surface area contributed by atoms with Crippen LogP contribution in [0.2, 0.25) is 0 Å². The number of para-hydroxylation sites is 1. The fourth-order valence-corrected chi connectivity index (χ4v) is 5.84. The summed E-state index contributed by atoms with van der Waals surface area (Å²) in [4.78, 5) is 29.5. The van der Waals surface area contributed by atoms with E-state index in [-0.39, 0.29) is 47.3 Å². The Morgan fingerprint density at radius 2 is 1.76 bits per heavy atom. The van der Waals surface area contributed by atoms with Gasteiger partial charge in [-0.05, 0) is 62.4 Å². The molecule has 0 spiro atoms. The first kappa shape index (κ1) is 33.6. The minimum Gasteiger partial charge on any atom is -0.485 e. The van der Waals surface area contributed by atoms with E-state index in [1.165, 1.54) is 47.2 Å². The Morgan fingerprint density at radius 3 is 2.36 bits per heavy atom. The third-order valence-electron chi connectivity index (χ3n) is 7.53. The number of ether oxygens (including phenoxy) is 1. The van der Waals surface area contributed by atoms with Crippen LogP contribution in [0, 0.1) is 12.8 Å². The second-order valence-electron chi connectivity index (χ2n) is 11.1. The van der Waals surface area contributed by atoms with Gasteiger partial charge in [0.25, 0.3) is 15.9 Å². The Labute approximate surface area is 259 Å². The molecule has 0 saturated heterocycles. The minimum absolute atomic E-state index is 0.00277. The van der Waals surface area contributed by atoms with E-state index in [4.69, 9.17) is 4.74 Å². The molecule has 0 bridgehead atoms. The Balaban J connectivity index is 1.64. The van der Waals surface area contributed by atoms with Crippen LogP contribution in [-0.4, -0.2) is 74.2 Å². The molecular formula is C31H35F3N4O6S. The number of hydrogen-bond acceptors (Lipinski definition) is 6. The molecule has 0 saturated carbocycles. The highest BCUT2D eigenvalue weighted by Crippen LogP contribution is 2.36. The molecule has 0 fully saturated rings. The van der Waals surface area contributed by atoms with Crippen molar-refractivity contribution in [2.45, 2.75) is 44.0 Å². The summed E-state index contributed by atoms with van der Waals surface area (Å²) >= 11 is 0. The quantitative estimate of drug-likeness (QED) is 0.308. The average molecular weight is 649 g/mol. The predicted octanol–water partition coefficient (Wildman–Crippen LogP) is 5.20. The Morgan fingerprint density at radius 1 is 1.11 bits per heavy atom. The molecule has 3 aromatic rings. The summed E-state index contributed by atoms with van der Waals surface area (Å²) < 4.78 is 74.3. The number of sulfonamides is 1. The van der Waals surface area contributed by atoms with E-state index in [1.807, 2.05) is 6.92 Å². The number of aliphatic hydroxyl groups is 1. The highest BCUT2D eigenvalue weighted by Gasteiger charge is 2.36. The number of urea groups is 1. The first-order valence-corrected chi connectivity index (χ1v) is 15.6. The van der Waals surface area contributed by atoms with Crippen molar-refractivity contribution in [3.8, 4) is 5.75 Å². The number of likely N-dealkylation sites (N-methyl/N-ethyl adjacent to an activating group) is 1. The van der Waals surface area contributed by atoms with Gasteiger partial charge in [-0.15, -0.1) is 0 Å². The molecule has 3 atom stereocenters. The molecule has 4 rings (SSSR count). The van der Waals surface area contributed by atoms with Crippen molar-refractivity contribution >= 4 is 33.3 Å². The van der Waals surface area contributed by atoms with Gasteiger partial charge in [0.2, 0.25) is 0 Å². The third-order valence-corrected chi connectivity index (χ3v) is 8.91. The number of alkyl halides is 3. The number of nitrogens with one attached hydrogen (secondary N) is 2. The molecule has 14 heteroatoms. The number of amides is 3. The summed E-state index contributed by atoms with van der Waals surface area (Å²) in [5.41, 5.74) is 0.240. The summed E-state index contributed by atoms with van der Waals surface area (Å²) in [5, 5.41) is 12.5. The zero-order chi connectivity index (χ0) is 33.1. The zero-order valence-electron chi connectivity index (χ0n) is 25.1. The standard InChI is InChI=1S/C31H35F3N4O6S/c1-19-8-14-24(15-9-19)45(42,43)36-26-7-5-6-25-28(26)44-27(20(2)16-38(29(25)40)21(3)18-39)17-37(4)30(41)35-23-12-10-22(11-13-23)31(32,33)34/h5-15,20-21,27,36,39H,16-18H2,1-4H3,(H,35,41)/t20-,21-,27-/m1/s1. The molecule has 1 aliphatic rings. The molecule has 1 aliphatic heterocycles. The van der Waals surface area contributed by atoms with Gasteiger partial charge in [0.1, 0.15) is 6.10 Å². The second-order valence-corrected chi connectivity index (χ2v) is 12.8. The van der Waals surface area contributed by atoms with Crippen LogP contribution in [0.4, 0.5) is 29.3 Å². The summed E-state index contributed by atoms with van der Waals surface area (Å²) in [5.74, 6) is -0.928. The van der Waals surface area contributed by atoms with Gasteiger partial charge in [-0.3, -0.25) is 9.52 Å². The topological polar surface area (TPSA) is 128 Å². The maximum absolute atomic E-state index is 13.7. The second kappa shape index (κ2) is 13.4. The molecule has 0 radical (unpaired) electrons. The monoisotopic (exact) mass is 648 g/mol. The van der Waals surface area contributed by atoms with Gasteiger partial charge in [0, 0.05) is 25.2 Å². The lowest BCUT2D eigenvalue weighted by molar-refractivity contribution is -0.137. The number of nitrogens with zero attached hydrogens (tertiary/aromatic N) is 2. The molecule has 0 aliphatic carbocycles. The molecular weight excluding hydrogens is 613 g/mol. The number of hydrogen-bond donors (Lipinski definition) is 3. The summed E-state index contributed by atoms with van der Waals surface area (Å²) in [6.45, 7) is 5.08. The van der Waals surface area contributed by atoms with Gasteiger partial charge in [-0.2, -0.15) is 13.2 Å². The van der Waals surface area contributed by atoms with E-state index in [0.29, 0.717) is 0 Å². The van der Waals surface area contributed by atoms with Crippen molar-refractivity contribution in [3.05, 3.63) is 83.4 Å². The van der Waals surface area contributed by atoms with Gasteiger partial charge >= 0.3 is 12.2 Å². The number of carbonyl (C=O) groups is 2. The van der Waals surface area contributed by atoms with Crippen molar-refractivity contribution in [2.75, 3.05) is 36.8 Å².